The molecule has 1 aliphatic rings. The van der Waals surface area contributed by atoms with Gasteiger partial charge in [-0.25, -0.2) is 0 Å². The number of rotatable bonds is 2. The number of hydrogen-bond donors (Lipinski definition) is 1. The first-order chi connectivity index (χ1) is 9.70. The Bertz CT molecular complexity index is 685. The summed E-state index contributed by atoms with van der Waals surface area (Å²) >= 11 is 16.0. The van der Waals surface area contributed by atoms with Crippen LogP contribution in [0.5, 0.6) is 0 Å². The summed E-state index contributed by atoms with van der Waals surface area (Å²) in [6.45, 7) is 0. The Morgan fingerprint density at radius 1 is 1.05 bits per heavy atom. The Hall–Kier alpha value is -1.03. The van der Waals surface area contributed by atoms with Gasteiger partial charge >= 0.3 is 0 Å². The fourth-order valence-electron chi connectivity index (χ4n) is 2.27. The molecule has 0 amide bonds. The maximum atomic E-state index is 6.30. The lowest BCUT2D eigenvalue weighted by Gasteiger charge is -2.27. The Kier molecular flexibility index (Phi) is 4.01. The molecule has 0 saturated heterocycles. The van der Waals surface area contributed by atoms with Gasteiger partial charge in [0.15, 0.2) is 0 Å². The third-order valence-corrected chi connectivity index (χ3v) is 4.45. The molecule has 0 radical (unpaired) electrons. The van der Waals surface area contributed by atoms with E-state index < -0.39 is 0 Å². The summed E-state index contributed by atoms with van der Waals surface area (Å²) in [6.07, 6.45) is 0. The molecule has 20 heavy (non-hydrogen) atoms. The molecule has 2 nitrogen and oxygen atoms in total. The van der Waals surface area contributed by atoms with E-state index in [-0.39, 0.29) is 6.04 Å². The molecule has 0 aromatic heterocycles. The molecule has 3 rings (SSSR count). The van der Waals surface area contributed by atoms with Crippen LogP contribution in [0.15, 0.2) is 47.5 Å². The zero-order valence-electron chi connectivity index (χ0n) is 10.4. The van der Waals surface area contributed by atoms with Gasteiger partial charge in [0.1, 0.15) is 5.69 Å². The van der Waals surface area contributed by atoms with Crippen LogP contribution in [0.2, 0.25) is 10.0 Å². The van der Waals surface area contributed by atoms with Gasteiger partial charge in [-0.05, 0) is 23.8 Å². The fraction of sp³-hybridized carbons (Fsp3) is 0.133. The van der Waals surface area contributed by atoms with Crippen LogP contribution in [-0.2, 0) is 0 Å². The smallest absolute Gasteiger partial charge is 0.105 e. The van der Waals surface area contributed by atoms with Gasteiger partial charge in [0.2, 0.25) is 0 Å². The van der Waals surface area contributed by atoms with Gasteiger partial charge in [-0.1, -0.05) is 63.4 Å². The number of nitrogens with zero attached hydrogens (tertiary/aromatic N) is 1. The minimum atomic E-state index is -0.0472. The zero-order chi connectivity index (χ0) is 14.1. The summed E-state index contributed by atoms with van der Waals surface area (Å²) in [5.74, 6) is 0. The Balaban J connectivity index is 2.10. The van der Waals surface area contributed by atoms with Crippen LogP contribution in [0.25, 0.3) is 0 Å². The van der Waals surface area contributed by atoms with E-state index in [1.807, 2.05) is 42.5 Å². The molecule has 5 heteroatoms. The zero-order valence-corrected chi connectivity index (χ0v) is 13.5. The highest BCUT2D eigenvalue weighted by molar-refractivity contribution is 9.09. The molecule has 0 bridgehead atoms. The predicted octanol–water partition coefficient (Wildman–Crippen LogP) is 5.63. The van der Waals surface area contributed by atoms with Gasteiger partial charge in [0.05, 0.1) is 22.5 Å². The van der Waals surface area contributed by atoms with Gasteiger partial charge in [-0.3, -0.25) is 4.99 Å². The van der Waals surface area contributed by atoms with E-state index in [9.17, 15) is 0 Å². The molecule has 2 aromatic carbocycles. The first kappa shape index (κ1) is 13.9. The molecule has 1 atom stereocenters. The molecule has 0 saturated carbocycles. The SMILES string of the molecule is Clc1ccccc1C1Nc2cccc(Cl)c2N=C1CBr. The van der Waals surface area contributed by atoms with Crippen LogP contribution < -0.4 is 5.32 Å². The molecule has 1 unspecified atom stereocenters. The van der Waals surface area contributed by atoms with E-state index in [1.54, 1.807) is 0 Å². The van der Waals surface area contributed by atoms with Crippen molar-refractivity contribution in [3.8, 4) is 0 Å². The van der Waals surface area contributed by atoms with Crippen molar-refractivity contribution in [2.45, 2.75) is 6.04 Å². The van der Waals surface area contributed by atoms with Crippen LogP contribution >= 0.6 is 39.1 Å². The van der Waals surface area contributed by atoms with Crippen molar-refractivity contribution in [2.24, 2.45) is 4.99 Å². The van der Waals surface area contributed by atoms with Crippen LogP contribution in [0.4, 0.5) is 11.4 Å². The monoisotopic (exact) mass is 368 g/mol. The summed E-state index contributed by atoms with van der Waals surface area (Å²) in [6, 6.07) is 13.5. The van der Waals surface area contributed by atoms with Gasteiger partial charge in [-0.2, -0.15) is 0 Å². The summed E-state index contributed by atoms with van der Waals surface area (Å²) in [5, 5.41) is 5.49. The largest absolute Gasteiger partial charge is 0.371 e. The lowest BCUT2D eigenvalue weighted by molar-refractivity contribution is 1.01. The number of alkyl halides is 1. The summed E-state index contributed by atoms with van der Waals surface area (Å²) < 4.78 is 0. The Morgan fingerprint density at radius 3 is 2.55 bits per heavy atom. The average molecular weight is 370 g/mol. The van der Waals surface area contributed by atoms with E-state index in [0.29, 0.717) is 10.4 Å². The van der Waals surface area contributed by atoms with Crippen molar-refractivity contribution in [1.82, 2.24) is 0 Å². The molecule has 0 aliphatic carbocycles. The standard InChI is InChI=1S/C15H11BrCl2N2/c16-8-13-14(9-4-1-2-5-10(9)17)19-12-7-3-6-11(18)15(12)20-13/h1-7,14,19H,8H2. The number of nitrogens with one attached hydrogen (secondary N) is 1. The molecule has 1 aliphatic heterocycles. The van der Waals surface area contributed by atoms with Crippen LogP contribution in [0.1, 0.15) is 11.6 Å². The van der Waals surface area contributed by atoms with Crippen LogP contribution in [0.3, 0.4) is 0 Å². The number of para-hydroxylation sites is 1. The molecule has 0 spiro atoms. The molecule has 0 fully saturated rings. The first-order valence-electron chi connectivity index (χ1n) is 6.13. The molecular weight excluding hydrogens is 359 g/mol. The third kappa shape index (κ3) is 2.46. The maximum Gasteiger partial charge on any atom is 0.105 e. The molecular formula is C15H11BrCl2N2. The van der Waals surface area contributed by atoms with E-state index in [2.05, 4.69) is 26.2 Å². The minimum absolute atomic E-state index is 0.0472. The van der Waals surface area contributed by atoms with Crippen molar-refractivity contribution >= 4 is 56.2 Å². The lowest BCUT2D eigenvalue weighted by atomic mass is 10.00. The highest BCUT2D eigenvalue weighted by atomic mass is 79.9. The van der Waals surface area contributed by atoms with E-state index in [0.717, 1.165) is 27.7 Å². The number of halogens is 3. The number of anilines is 1. The first-order valence-corrected chi connectivity index (χ1v) is 8.01. The molecule has 1 N–H and O–H groups in total. The van der Waals surface area contributed by atoms with Crippen molar-refractivity contribution in [3.63, 3.8) is 0 Å². The molecule has 2 aromatic rings. The summed E-state index contributed by atoms with van der Waals surface area (Å²) in [7, 11) is 0. The topological polar surface area (TPSA) is 24.4 Å². The number of hydrogen-bond acceptors (Lipinski definition) is 2. The fourth-order valence-corrected chi connectivity index (χ4v) is 3.18. The second-order valence-electron chi connectivity index (χ2n) is 4.47. The molecule has 102 valence electrons. The van der Waals surface area contributed by atoms with E-state index >= 15 is 0 Å². The Morgan fingerprint density at radius 2 is 1.80 bits per heavy atom. The summed E-state index contributed by atoms with van der Waals surface area (Å²) in [4.78, 5) is 4.68. The predicted molar refractivity (Wildman–Crippen MR) is 90.2 cm³/mol. The van der Waals surface area contributed by atoms with Crippen LogP contribution in [0, 0.1) is 0 Å². The number of aliphatic imine (C=N–C) groups is 1. The van der Waals surface area contributed by atoms with Crippen molar-refractivity contribution in [2.75, 3.05) is 10.6 Å². The van der Waals surface area contributed by atoms with Gasteiger partial charge < -0.3 is 5.32 Å². The second kappa shape index (κ2) is 5.76. The summed E-state index contributed by atoms with van der Waals surface area (Å²) in [5.41, 5.74) is 3.68. The lowest BCUT2D eigenvalue weighted by Crippen LogP contribution is -2.25. The highest BCUT2D eigenvalue weighted by Gasteiger charge is 2.25. The van der Waals surface area contributed by atoms with Crippen LogP contribution in [-0.4, -0.2) is 11.0 Å². The van der Waals surface area contributed by atoms with E-state index in [4.69, 9.17) is 23.2 Å². The molecule has 1 heterocycles. The number of benzene rings is 2. The van der Waals surface area contributed by atoms with Gasteiger partial charge in [-0.15, -0.1) is 0 Å². The average Bonchev–Trinajstić information content (AvgIpc) is 2.47. The highest BCUT2D eigenvalue weighted by Crippen LogP contribution is 2.41. The Labute approximate surface area is 135 Å². The van der Waals surface area contributed by atoms with Crippen molar-refractivity contribution in [1.29, 1.82) is 0 Å². The van der Waals surface area contributed by atoms with Crippen molar-refractivity contribution in [3.05, 3.63) is 58.1 Å². The second-order valence-corrected chi connectivity index (χ2v) is 5.85. The quantitative estimate of drug-likeness (QED) is 0.681. The minimum Gasteiger partial charge on any atom is -0.371 e. The van der Waals surface area contributed by atoms with Gasteiger partial charge in [0.25, 0.3) is 0 Å². The van der Waals surface area contributed by atoms with E-state index in [1.165, 1.54) is 0 Å². The van der Waals surface area contributed by atoms with Crippen molar-refractivity contribution < 1.29 is 0 Å². The number of fused-ring (bicyclic) bond motifs is 1. The normalized spacial score (nSPS) is 17.1. The maximum absolute atomic E-state index is 6.30. The van der Waals surface area contributed by atoms with Gasteiger partial charge in [0, 0.05) is 10.4 Å². The third-order valence-electron chi connectivity index (χ3n) is 3.23.